The number of pyridine rings is 1. The zero-order valence-electron chi connectivity index (χ0n) is 14.8. The number of benzene rings is 1. The minimum atomic E-state index is -0.409. The van der Waals surface area contributed by atoms with E-state index in [9.17, 15) is 9.18 Å². The molecule has 8 heteroatoms. The topological polar surface area (TPSA) is 77.7 Å². The molecule has 142 valence electrons. The molecule has 1 atom stereocenters. The van der Waals surface area contributed by atoms with Crippen LogP contribution >= 0.6 is 0 Å². The molecular formula is C20H16FN3O4. The second-order valence-electron chi connectivity index (χ2n) is 6.70. The smallest absolute Gasteiger partial charge is 0.276 e. The summed E-state index contributed by atoms with van der Waals surface area (Å²) in [5, 5.41) is 3.94. The van der Waals surface area contributed by atoms with Gasteiger partial charge < -0.3 is 18.9 Å². The first kappa shape index (κ1) is 16.7. The molecular weight excluding hydrogens is 365 g/mol. The first-order valence-electron chi connectivity index (χ1n) is 8.98. The predicted molar refractivity (Wildman–Crippen MR) is 95.3 cm³/mol. The molecule has 0 spiro atoms. The summed E-state index contributed by atoms with van der Waals surface area (Å²) in [5.41, 5.74) is 1.39. The minimum Gasteiger partial charge on any atom is -0.454 e. The average molecular weight is 381 g/mol. The zero-order valence-corrected chi connectivity index (χ0v) is 14.8. The Labute approximate surface area is 159 Å². The quantitative estimate of drug-likeness (QED) is 0.690. The fourth-order valence-corrected chi connectivity index (χ4v) is 3.70. The fourth-order valence-electron chi connectivity index (χ4n) is 3.70. The molecule has 5 rings (SSSR count). The monoisotopic (exact) mass is 381 g/mol. The maximum Gasteiger partial charge on any atom is 0.276 e. The van der Waals surface area contributed by atoms with E-state index in [0.717, 1.165) is 12.0 Å². The van der Waals surface area contributed by atoms with Gasteiger partial charge in [-0.15, -0.1) is 0 Å². The van der Waals surface area contributed by atoms with Crippen molar-refractivity contribution < 1.29 is 23.2 Å². The van der Waals surface area contributed by atoms with Gasteiger partial charge in [0.15, 0.2) is 23.0 Å². The molecule has 28 heavy (non-hydrogen) atoms. The van der Waals surface area contributed by atoms with Crippen molar-refractivity contribution in [1.29, 1.82) is 0 Å². The van der Waals surface area contributed by atoms with E-state index in [0.29, 0.717) is 35.8 Å². The van der Waals surface area contributed by atoms with Gasteiger partial charge in [0.05, 0.1) is 12.2 Å². The van der Waals surface area contributed by atoms with Crippen molar-refractivity contribution in [3.05, 3.63) is 59.8 Å². The van der Waals surface area contributed by atoms with Crippen molar-refractivity contribution in [2.24, 2.45) is 0 Å². The summed E-state index contributed by atoms with van der Waals surface area (Å²) in [6, 6.07) is 8.26. The van der Waals surface area contributed by atoms with Crippen molar-refractivity contribution >= 4 is 5.91 Å². The Morgan fingerprint density at radius 2 is 2.07 bits per heavy atom. The average Bonchev–Trinajstić information content (AvgIpc) is 3.47. The number of fused-ring (bicyclic) bond motifs is 1. The first-order chi connectivity index (χ1) is 13.7. The van der Waals surface area contributed by atoms with Crippen LogP contribution in [0.3, 0.4) is 0 Å². The van der Waals surface area contributed by atoms with Gasteiger partial charge in [-0.3, -0.25) is 9.78 Å². The molecule has 1 amide bonds. The normalized spacial score (nSPS) is 17.9. The lowest BCUT2D eigenvalue weighted by Crippen LogP contribution is -2.31. The van der Waals surface area contributed by atoms with E-state index in [-0.39, 0.29) is 24.4 Å². The number of rotatable bonds is 3. The highest BCUT2D eigenvalue weighted by molar-refractivity contribution is 5.93. The second-order valence-corrected chi connectivity index (χ2v) is 6.70. The molecule has 4 heterocycles. The van der Waals surface area contributed by atoms with Crippen LogP contribution in [0.1, 0.15) is 34.9 Å². The van der Waals surface area contributed by atoms with Crippen LogP contribution in [0.4, 0.5) is 4.39 Å². The molecule has 1 aromatic carbocycles. The van der Waals surface area contributed by atoms with E-state index < -0.39 is 5.82 Å². The number of hydrogen-bond acceptors (Lipinski definition) is 6. The van der Waals surface area contributed by atoms with Crippen LogP contribution in [0.5, 0.6) is 11.5 Å². The summed E-state index contributed by atoms with van der Waals surface area (Å²) in [4.78, 5) is 18.4. The van der Waals surface area contributed by atoms with Gasteiger partial charge in [0.2, 0.25) is 6.79 Å². The number of hydrogen-bond donors (Lipinski definition) is 0. The molecule has 0 N–H and O–H groups in total. The molecule has 2 aromatic heterocycles. The maximum atomic E-state index is 14.2. The van der Waals surface area contributed by atoms with Crippen LogP contribution < -0.4 is 9.47 Å². The molecule has 1 saturated heterocycles. The van der Waals surface area contributed by atoms with E-state index in [1.54, 1.807) is 29.2 Å². The van der Waals surface area contributed by atoms with Gasteiger partial charge >= 0.3 is 0 Å². The van der Waals surface area contributed by atoms with Crippen molar-refractivity contribution in [2.75, 3.05) is 13.3 Å². The van der Waals surface area contributed by atoms with Crippen molar-refractivity contribution in [2.45, 2.75) is 18.9 Å². The van der Waals surface area contributed by atoms with Gasteiger partial charge in [-0.2, -0.15) is 0 Å². The van der Waals surface area contributed by atoms with Crippen molar-refractivity contribution in [1.82, 2.24) is 15.0 Å². The second kappa shape index (κ2) is 6.63. The number of amides is 1. The van der Waals surface area contributed by atoms with Gasteiger partial charge in [-0.1, -0.05) is 5.16 Å². The molecule has 0 bridgehead atoms. The summed E-state index contributed by atoms with van der Waals surface area (Å²) >= 11 is 0. The van der Waals surface area contributed by atoms with Gasteiger partial charge in [-0.05, 0) is 37.1 Å². The molecule has 0 saturated carbocycles. The minimum absolute atomic E-state index is 0.181. The van der Waals surface area contributed by atoms with E-state index in [1.807, 2.05) is 6.07 Å². The van der Waals surface area contributed by atoms with Crippen LogP contribution in [0, 0.1) is 5.82 Å². The summed E-state index contributed by atoms with van der Waals surface area (Å²) in [7, 11) is 0. The highest BCUT2D eigenvalue weighted by Gasteiger charge is 2.33. The lowest BCUT2D eigenvalue weighted by molar-refractivity contribution is 0.0723. The molecule has 0 radical (unpaired) electrons. The highest BCUT2D eigenvalue weighted by atomic mass is 19.1. The molecule has 3 aromatic rings. The van der Waals surface area contributed by atoms with Crippen molar-refractivity contribution in [3.63, 3.8) is 0 Å². The van der Waals surface area contributed by atoms with Gasteiger partial charge in [0, 0.05) is 29.9 Å². The highest BCUT2D eigenvalue weighted by Crippen LogP contribution is 2.37. The maximum absolute atomic E-state index is 14.2. The number of nitrogens with zero attached hydrogens (tertiary/aromatic N) is 3. The third kappa shape index (κ3) is 2.77. The Bertz CT molecular complexity index is 1050. The van der Waals surface area contributed by atoms with E-state index in [4.69, 9.17) is 14.0 Å². The molecule has 7 nitrogen and oxygen atoms in total. The van der Waals surface area contributed by atoms with Crippen molar-refractivity contribution in [3.8, 4) is 22.8 Å². The van der Waals surface area contributed by atoms with Crippen LogP contribution in [-0.2, 0) is 0 Å². The Hall–Kier alpha value is -3.42. The Kier molecular flexibility index (Phi) is 3.96. The number of carbonyl (C=O) groups is 1. The number of likely N-dealkylation sites (tertiary alicyclic amines) is 1. The van der Waals surface area contributed by atoms with E-state index >= 15 is 0 Å². The van der Waals surface area contributed by atoms with Gasteiger partial charge in [0.1, 0.15) is 5.82 Å². The number of aromatic nitrogens is 2. The SMILES string of the molecule is O=C(c1cc(-c2ccc3c(c2)OCO3)on1)N1CCCC1c1ccncc1F. The summed E-state index contributed by atoms with van der Waals surface area (Å²) in [6.07, 6.45) is 4.20. The molecule has 2 aliphatic rings. The number of carbonyl (C=O) groups excluding carboxylic acids is 1. The van der Waals surface area contributed by atoms with Gasteiger partial charge in [-0.25, -0.2) is 4.39 Å². The summed E-state index contributed by atoms with van der Waals surface area (Å²) < 4.78 is 30.2. The third-order valence-corrected chi connectivity index (χ3v) is 5.06. The molecule has 1 fully saturated rings. The summed E-state index contributed by atoms with van der Waals surface area (Å²) in [6.45, 7) is 0.721. The van der Waals surface area contributed by atoms with Crippen LogP contribution in [0.2, 0.25) is 0 Å². The lowest BCUT2D eigenvalue weighted by atomic mass is 10.1. The van der Waals surface area contributed by atoms with Crippen LogP contribution in [0.15, 0.2) is 47.2 Å². The zero-order chi connectivity index (χ0) is 19.1. The molecule has 2 aliphatic heterocycles. The van der Waals surface area contributed by atoms with Crippen LogP contribution in [0.25, 0.3) is 11.3 Å². The summed E-state index contributed by atoms with van der Waals surface area (Å²) in [5.74, 6) is 1.05. The van der Waals surface area contributed by atoms with E-state index in [2.05, 4.69) is 10.1 Å². The lowest BCUT2D eigenvalue weighted by Gasteiger charge is -2.24. The first-order valence-corrected chi connectivity index (χ1v) is 8.98. The number of ether oxygens (including phenoxy) is 2. The third-order valence-electron chi connectivity index (χ3n) is 5.06. The number of halogens is 1. The fraction of sp³-hybridized carbons (Fsp3) is 0.250. The largest absolute Gasteiger partial charge is 0.454 e. The van der Waals surface area contributed by atoms with Gasteiger partial charge in [0.25, 0.3) is 5.91 Å². The molecule has 1 unspecified atom stereocenters. The van der Waals surface area contributed by atoms with E-state index in [1.165, 1.54) is 12.4 Å². The Morgan fingerprint density at radius 1 is 1.18 bits per heavy atom. The predicted octanol–water partition coefficient (Wildman–Crippen LogP) is 3.58. The molecule has 0 aliphatic carbocycles. The standard InChI is InChI=1S/C20H16FN3O4/c21-14-10-22-6-5-13(14)16-2-1-7-24(16)20(25)15-9-18(28-23-15)12-3-4-17-19(8-12)27-11-26-17/h3-6,8-10,16H,1-2,7,11H2. The van der Waals surface area contributed by atoms with Crippen LogP contribution in [-0.4, -0.2) is 34.3 Å². The Balaban J connectivity index is 1.41. The Morgan fingerprint density at radius 3 is 2.96 bits per heavy atom.